The first kappa shape index (κ1) is 12.1. The van der Waals surface area contributed by atoms with Gasteiger partial charge in [0.1, 0.15) is 0 Å². The van der Waals surface area contributed by atoms with Crippen LogP contribution in [-0.2, 0) is 4.74 Å². The maximum absolute atomic E-state index is 5.38. The predicted molar refractivity (Wildman–Crippen MR) is 70.2 cm³/mol. The Morgan fingerprint density at radius 2 is 2.26 bits per heavy atom. The molecule has 0 aromatic carbocycles. The molecule has 2 aromatic heterocycles. The summed E-state index contributed by atoms with van der Waals surface area (Å²) in [4.78, 5) is 8.16. The van der Waals surface area contributed by atoms with Crippen LogP contribution in [0.5, 0.6) is 0 Å². The maximum atomic E-state index is 5.38. The van der Waals surface area contributed by atoms with E-state index in [1.165, 1.54) is 0 Å². The van der Waals surface area contributed by atoms with Gasteiger partial charge in [0.25, 0.3) is 0 Å². The van der Waals surface area contributed by atoms with E-state index < -0.39 is 0 Å². The van der Waals surface area contributed by atoms with Gasteiger partial charge in [-0.15, -0.1) is 0 Å². The van der Waals surface area contributed by atoms with Gasteiger partial charge in [-0.2, -0.15) is 5.10 Å². The first-order valence-electron chi connectivity index (χ1n) is 6.42. The minimum Gasteiger partial charge on any atom is -0.381 e. The van der Waals surface area contributed by atoms with Crippen LogP contribution < -0.4 is 5.32 Å². The van der Waals surface area contributed by atoms with E-state index in [0.717, 1.165) is 37.4 Å². The molecule has 0 aliphatic carbocycles. The van der Waals surface area contributed by atoms with E-state index in [0.29, 0.717) is 12.0 Å². The van der Waals surface area contributed by atoms with E-state index in [2.05, 4.69) is 38.2 Å². The molecule has 0 amide bonds. The molecule has 0 saturated carbocycles. The van der Waals surface area contributed by atoms with Crippen molar-refractivity contribution in [2.45, 2.75) is 25.8 Å². The summed E-state index contributed by atoms with van der Waals surface area (Å²) >= 11 is 0. The lowest BCUT2D eigenvalue weighted by Crippen LogP contribution is -2.21. The highest BCUT2D eigenvalue weighted by Crippen LogP contribution is 2.26. The van der Waals surface area contributed by atoms with Crippen molar-refractivity contribution < 1.29 is 4.74 Å². The normalized spacial score (nSPS) is 16.5. The standard InChI is InChI=1S/C13H16N5O/c1-10-12(17-13-14-5-2-6-15-13)9-16-18(10)11-3-7-19-8-4-11/h2,5,9,11H,3-4,7-8H2,1H3,(H,14,15,17). The molecule has 1 radical (unpaired) electrons. The Morgan fingerprint density at radius 1 is 1.42 bits per heavy atom. The molecule has 3 heterocycles. The average molecular weight is 258 g/mol. The quantitative estimate of drug-likeness (QED) is 0.910. The Balaban J connectivity index is 1.78. The van der Waals surface area contributed by atoms with Gasteiger partial charge in [0.05, 0.1) is 29.8 Å². The molecule has 0 unspecified atom stereocenters. The fraction of sp³-hybridized carbons (Fsp3) is 0.462. The van der Waals surface area contributed by atoms with E-state index in [1.807, 2.05) is 6.20 Å². The minimum absolute atomic E-state index is 0.424. The zero-order valence-electron chi connectivity index (χ0n) is 10.8. The van der Waals surface area contributed by atoms with Crippen molar-refractivity contribution in [3.05, 3.63) is 30.4 Å². The molecule has 1 saturated heterocycles. The Labute approximate surface area is 111 Å². The van der Waals surface area contributed by atoms with Crippen LogP contribution >= 0.6 is 0 Å². The zero-order chi connectivity index (χ0) is 13.1. The minimum atomic E-state index is 0.424. The summed E-state index contributed by atoms with van der Waals surface area (Å²) in [7, 11) is 0. The highest BCUT2D eigenvalue weighted by atomic mass is 16.5. The van der Waals surface area contributed by atoms with Gasteiger partial charge >= 0.3 is 0 Å². The van der Waals surface area contributed by atoms with Crippen LogP contribution in [0.2, 0.25) is 0 Å². The second-order valence-corrected chi connectivity index (χ2v) is 4.57. The van der Waals surface area contributed by atoms with E-state index >= 15 is 0 Å². The summed E-state index contributed by atoms with van der Waals surface area (Å²) in [6.07, 6.45) is 8.26. The summed E-state index contributed by atoms with van der Waals surface area (Å²) in [6, 6.07) is 2.09. The lowest BCUT2D eigenvalue weighted by Gasteiger charge is -2.23. The number of hydrogen-bond acceptors (Lipinski definition) is 5. The maximum Gasteiger partial charge on any atom is 0.227 e. The first-order valence-corrected chi connectivity index (χ1v) is 6.42. The van der Waals surface area contributed by atoms with Gasteiger partial charge < -0.3 is 10.1 Å². The number of aromatic nitrogens is 4. The second-order valence-electron chi connectivity index (χ2n) is 4.57. The van der Waals surface area contributed by atoms with Crippen molar-refractivity contribution in [1.29, 1.82) is 0 Å². The topological polar surface area (TPSA) is 64.9 Å². The number of nitrogens with zero attached hydrogens (tertiary/aromatic N) is 4. The predicted octanol–water partition coefficient (Wildman–Crippen LogP) is 1.88. The lowest BCUT2D eigenvalue weighted by atomic mass is 10.1. The largest absolute Gasteiger partial charge is 0.381 e. The highest BCUT2D eigenvalue weighted by molar-refractivity contribution is 5.54. The third kappa shape index (κ3) is 2.58. The number of nitrogens with one attached hydrogen (secondary N) is 1. The van der Waals surface area contributed by atoms with Crippen LogP contribution in [0.1, 0.15) is 24.6 Å². The molecule has 19 heavy (non-hydrogen) atoms. The molecule has 99 valence electrons. The monoisotopic (exact) mass is 258 g/mol. The SMILES string of the molecule is Cc1c(Nc2n[c]ccn2)cnn1C1CCOCC1. The molecule has 1 fully saturated rings. The molecule has 6 nitrogen and oxygen atoms in total. The third-order valence-corrected chi connectivity index (χ3v) is 3.34. The van der Waals surface area contributed by atoms with Gasteiger partial charge in [0.15, 0.2) is 0 Å². The molecule has 2 aromatic rings. The molecule has 1 N–H and O–H groups in total. The smallest absolute Gasteiger partial charge is 0.227 e. The summed E-state index contributed by atoms with van der Waals surface area (Å²) in [5, 5.41) is 7.63. The van der Waals surface area contributed by atoms with E-state index in [9.17, 15) is 0 Å². The zero-order valence-corrected chi connectivity index (χ0v) is 10.8. The van der Waals surface area contributed by atoms with Crippen LogP contribution in [0.15, 0.2) is 18.5 Å². The molecule has 6 heteroatoms. The Morgan fingerprint density at radius 3 is 3.00 bits per heavy atom. The van der Waals surface area contributed by atoms with Crippen molar-refractivity contribution >= 4 is 11.6 Å². The van der Waals surface area contributed by atoms with Crippen LogP contribution in [0, 0.1) is 13.1 Å². The fourth-order valence-electron chi connectivity index (χ4n) is 2.29. The fourth-order valence-corrected chi connectivity index (χ4v) is 2.29. The lowest BCUT2D eigenvalue weighted by molar-refractivity contribution is 0.0657. The van der Waals surface area contributed by atoms with Crippen molar-refractivity contribution in [2.24, 2.45) is 0 Å². The van der Waals surface area contributed by atoms with Crippen LogP contribution in [0.3, 0.4) is 0 Å². The Kier molecular flexibility index (Phi) is 3.41. The molecule has 0 bridgehead atoms. The second kappa shape index (κ2) is 5.36. The van der Waals surface area contributed by atoms with E-state index in [-0.39, 0.29) is 0 Å². The van der Waals surface area contributed by atoms with Crippen molar-refractivity contribution in [3.8, 4) is 0 Å². The first-order chi connectivity index (χ1) is 9.34. The summed E-state index contributed by atoms with van der Waals surface area (Å²) in [5.74, 6) is 0.539. The van der Waals surface area contributed by atoms with Gasteiger partial charge in [-0.3, -0.25) is 4.68 Å². The molecular formula is C13H16N5O. The molecular weight excluding hydrogens is 242 g/mol. The van der Waals surface area contributed by atoms with Crippen molar-refractivity contribution in [1.82, 2.24) is 19.7 Å². The number of hydrogen-bond donors (Lipinski definition) is 1. The van der Waals surface area contributed by atoms with Crippen molar-refractivity contribution in [2.75, 3.05) is 18.5 Å². The number of rotatable bonds is 3. The van der Waals surface area contributed by atoms with Gasteiger partial charge in [-0.1, -0.05) is 0 Å². The van der Waals surface area contributed by atoms with Crippen molar-refractivity contribution in [3.63, 3.8) is 0 Å². The molecule has 0 atom stereocenters. The van der Waals surface area contributed by atoms with Gasteiger partial charge in [-0.05, 0) is 25.8 Å². The van der Waals surface area contributed by atoms with E-state index in [1.54, 1.807) is 12.3 Å². The summed E-state index contributed by atoms with van der Waals surface area (Å²) in [6.45, 7) is 3.67. The molecule has 1 aliphatic rings. The number of ether oxygens (including phenoxy) is 1. The number of anilines is 2. The van der Waals surface area contributed by atoms with Gasteiger partial charge in [0.2, 0.25) is 5.95 Å². The van der Waals surface area contributed by atoms with Crippen LogP contribution in [-0.4, -0.2) is 33.0 Å². The molecule has 3 rings (SSSR count). The van der Waals surface area contributed by atoms with E-state index in [4.69, 9.17) is 4.74 Å². The average Bonchev–Trinajstić information content (AvgIpc) is 2.82. The van der Waals surface area contributed by atoms with Gasteiger partial charge in [0, 0.05) is 19.4 Å². The van der Waals surface area contributed by atoms with Crippen LogP contribution in [0.25, 0.3) is 0 Å². The third-order valence-electron chi connectivity index (χ3n) is 3.34. The van der Waals surface area contributed by atoms with Gasteiger partial charge in [-0.25, -0.2) is 9.97 Å². The highest BCUT2D eigenvalue weighted by Gasteiger charge is 2.19. The molecule has 0 spiro atoms. The molecule has 1 aliphatic heterocycles. The Bertz CT molecular complexity index is 533. The van der Waals surface area contributed by atoms with Crippen LogP contribution in [0.4, 0.5) is 11.6 Å². The Hall–Kier alpha value is -1.95. The summed E-state index contributed by atoms with van der Waals surface area (Å²) < 4.78 is 7.45. The summed E-state index contributed by atoms with van der Waals surface area (Å²) in [5.41, 5.74) is 2.03.